The van der Waals surface area contributed by atoms with Gasteiger partial charge in [-0.05, 0) is 30.5 Å². The number of halogens is 1. The summed E-state index contributed by atoms with van der Waals surface area (Å²) < 4.78 is 24.7. The Labute approximate surface area is 136 Å². The molecule has 0 bridgehead atoms. The molecule has 3 atom stereocenters. The van der Waals surface area contributed by atoms with Crippen LogP contribution in [0.1, 0.15) is 30.4 Å². The summed E-state index contributed by atoms with van der Waals surface area (Å²) in [4.78, 5) is 2.37. The minimum absolute atomic E-state index is 0.285. The number of morpholine rings is 1. The molecule has 124 valence electrons. The molecule has 1 aliphatic heterocycles. The van der Waals surface area contributed by atoms with Crippen LogP contribution in [0.2, 0.25) is 0 Å². The topological polar surface area (TPSA) is 45.5 Å². The Morgan fingerprint density at radius 3 is 3.09 bits per heavy atom. The van der Waals surface area contributed by atoms with Gasteiger partial charge in [0.2, 0.25) is 0 Å². The predicted octanol–water partition coefficient (Wildman–Crippen LogP) is 2.71. The molecular formula is C18H23FN2O2. The number of nitriles is 1. The van der Waals surface area contributed by atoms with Crippen LogP contribution < -0.4 is 0 Å². The van der Waals surface area contributed by atoms with Crippen molar-refractivity contribution in [1.29, 1.82) is 5.26 Å². The fraction of sp³-hybridized carbons (Fsp3) is 0.611. The number of hydrogen-bond donors (Lipinski definition) is 0. The summed E-state index contributed by atoms with van der Waals surface area (Å²) in [5.74, 6) is 0.102. The minimum Gasteiger partial charge on any atom is -0.381 e. The Morgan fingerprint density at radius 2 is 2.30 bits per heavy atom. The summed E-state index contributed by atoms with van der Waals surface area (Å²) in [6.07, 6.45) is 3.73. The fourth-order valence-corrected chi connectivity index (χ4v) is 3.94. The number of nitrogens with zero attached hydrogens (tertiary/aromatic N) is 2. The quantitative estimate of drug-likeness (QED) is 0.856. The van der Waals surface area contributed by atoms with E-state index in [-0.39, 0.29) is 11.9 Å². The molecule has 2 fully saturated rings. The summed E-state index contributed by atoms with van der Waals surface area (Å²) in [5, 5.41) is 9.25. The van der Waals surface area contributed by atoms with Gasteiger partial charge in [0.05, 0.1) is 31.0 Å². The van der Waals surface area contributed by atoms with Crippen molar-refractivity contribution in [3.8, 4) is 6.07 Å². The Hall–Kier alpha value is -1.48. The van der Waals surface area contributed by atoms with E-state index in [1.807, 2.05) is 0 Å². The highest BCUT2D eigenvalue weighted by Crippen LogP contribution is 2.34. The minimum atomic E-state index is -0.362. The van der Waals surface area contributed by atoms with Crippen LogP contribution in [0.5, 0.6) is 0 Å². The standard InChI is InChI=1S/C18H23FN2O2/c1-22-18-4-2-3-16(18)17-12-23-8-7-21(17)11-13-5-6-15(19)9-14(13)10-20/h5-6,9,16-18H,2-4,7-8,11-12H2,1H3/t16-,17-,18-/m1/s1. The maximum atomic E-state index is 13.3. The Bertz CT molecular complexity index is 587. The van der Waals surface area contributed by atoms with Crippen molar-refractivity contribution in [2.45, 2.75) is 38.0 Å². The molecule has 2 aliphatic rings. The average molecular weight is 318 g/mol. The number of hydrogen-bond acceptors (Lipinski definition) is 4. The van der Waals surface area contributed by atoms with Crippen molar-refractivity contribution in [3.05, 3.63) is 35.1 Å². The molecule has 0 unspecified atom stereocenters. The first-order chi connectivity index (χ1) is 11.2. The van der Waals surface area contributed by atoms with Crippen molar-refractivity contribution < 1.29 is 13.9 Å². The molecule has 1 saturated carbocycles. The van der Waals surface area contributed by atoms with E-state index in [2.05, 4.69) is 11.0 Å². The molecule has 0 aromatic heterocycles. The molecule has 4 nitrogen and oxygen atoms in total. The van der Waals surface area contributed by atoms with Crippen molar-refractivity contribution in [3.63, 3.8) is 0 Å². The smallest absolute Gasteiger partial charge is 0.124 e. The SMILES string of the molecule is CO[C@@H]1CCC[C@@H]1[C@H]1COCCN1Cc1ccc(F)cc1C#N. The first-order valence-electron chi connectivity index (χ1n) is 8.26. The number of rotatable bonds is 4. The lowest BCUT2D eigenvalue weighted by Gasteiger charge is -2.40. The molecule has 3 rings (SSSR count). The lowest BCUT2D eigenvalue weighted by Crippen LogP contribution is -2.50. The summed E-state index contributed by atoms with van der Waals surface area (Å²) in [5.41, 5.74) is 1.30. The maximum Gasteiger partial charge on any atom is 0.124 e. The van der Waals surface area contributed by atoms with Crippen LogP contribution in [0.3, 0.4) is 0 Å². The molecule has 1 aromatic rings. The van der Waals surface area contributed by atoms with Gasteiger partial charge in [-0.15, -0.1) is 0 Å². The molecule has 23 heavy (non-hydrogen) atoms. The molecule has 5 heteroatoms. The third-order valence-corrected chi connectivity index (χ3v) is 5.15. The zero-order valence-electron chi connectivity index (χ0n) is 13.5. The molecule has 0 radical (unpaired) electrons. The zero-order chi connectivity index (χ0) is 16.2. The van der Waals surface area contributed by atoms with Gasteiger partial charge >= 0.3 is 0 Å². The zero-order valence-corrected chi connectivity index (χ0v) is 13.5. The average Bonchev–Trinajstić information content (AvgIpc) is 3.05. The second-order valence-corrected chi connectivity index (χ2v) is 6.39. The Balaban J connectivity index is 1.78. The molecule has 1 aromatic carbocycles. The monoisotopic (exact) mass is 318 g/mol. The van der Waals surface area contributed by atoms with Crippen LogP contribution in [0.25, 0.3) is 0 Å². The maximum absolute atomic E-state index is 13.3. The van der Waals surface area contributed by atoms with Crippen molar-refractivity contribution in [2.24, 2.45) is 5.92 Å². The van der Waals surface area contributed by atoms with Gasteiger partial charge in [0.25, 0.3) is 0 Å². The molecular weight excluding hydrogens is 295 g/mol. The summed E-state index contributed by atoms with van der Waals surface area (Å²) >= 11 is 0. The lowest BCUT2D eigenvalue weighted by molar-refractivity contribution is -0.0608. The van der Waals surface area contributed by atoms with Gasteiger partial charge in [0.15, 0.2) is 0 Å². The van der Waals surface area contributed by atoms with Crippen molar-refractivity contribution in [2.75, 3.05) is 26.9 Å². The predicted molar refractivity (Wildman–Crippen MR) is 84.3 cm³/mol. The van der Waals surface area contributed by atoms with Gasteiger partial charge in [0.1, 0.15) is 5.82 Å². The number of methoxy groups -OCH3 is 1. The van der Waals surface area contributed by atoms with E-state index in [0.717, 1.165) is 24.9 Å². The summed E-state index contributed by atoms with van der Waals surface area (Å²) in [6, 6.07) is 6.88. The first kappa shape index (κ1) is 16.4. The third-order valence-electron chi connectivity index (χ3n) is 5.15. The molecule has 1 heterocycles. The van der Waals surface area contributed by atoms with Crippen LogP contribution >= 0.6 is 0 Å². The van der Waals surface area contributed by atoms with Gasteiger partial charge in [0, 0.05) is 32.2 Å². The number of ether oxygens (including phenoxy) is 2. The fourth-order valence-electron chi connectivity index (χ4n) is 3.94. The highest BCUT2D eigenvalue weighted by Gasteiger charge is 2.38. The second-order valence-electron chi connectivity index (χ2n) is 6.39. The molecule has 1 saturated heterocycles. The molecule has 1 aliphatic carbocycles. The second kappa shape index (κ2) is 7.39. The van der Waals surface area contributed by atoms with E-state index in [4.69, 9.17) is 9.47 Å². The Kier molecular flexibility index (Phi) is 5.27. The van der Waals surface area contributed by atoms with E-state index < -0.39 is 0 Å². The first-order valence-corrected chi connectivity index (χ1v) is 8.26. The van der Waals surface area contributed by atoms with Gasteiger partial charge in [-0.25, -0.2) is 4.39 Å². The van der Waals surface area contributed by atoms with Crippen LogP contribution in [-0.4, -0.2) is 43.9 Å². The van der Waals surface area contributed by atoms with E-state index in [1.165, 1.54) is 18.6 Å². The third kappa shape index (κ3) is 3.55. The van der Waals surface area contributed by atoms with Crippen LogP contribution in [-0.2, 0) is 16.0 Å². The summed E-state index contributed by atoms with van der Waals surface area (Å²) in [6.45, 7) is 2.89. The van der Waals surface area contributed by atoms with Gasteiger partial charge in [-0.2, -0.15) is 5.26 Å². The van der Waals surface area contributed by atoms with E-state index in [1.54, 1.807) is 13.2 Å². The highest BCUT2D eigenvalue weighted by molar-refractivity contribution is 5.37. The number of benzene rings is 1. The van der Waals surface area contributed by atoms with E-state index in [0.29, 0.717) is 37.3 Å². The van der Waals surface area contributed by atoms with E-state index >= 15 is 0 Å². The normalized spacial score (nSPS) is 28.7. The Morgan fingerprint density at radius 1 is 1.43 bits per heavy atom. The van der Waals surface area contributed by atoms with Gasteiger partial charge in [-0.1, -0.05) is 12.5 Å². The van der Waals surface area contributed by atoms with Gasteiger partial charge < -0.3 is 9.47 Å². The van der Waals surface area contributed by atoms with E-state index in [9.17, 15) is 9.65 Å². The molecule has 0 spiro atoms. The van der Waals surface area contributed by atoms with Crippen LogP contribution in [0.4, 0.5) is 4.39 Å². The van der Waals surface area contributed by atoms with Crippen molar-refractivity contribution in [1.82, 2.24) is 4.90 Å². The van der Waals surface area contributed by atoms with Crippen LogP contribution in [0, 0.1) is 23.1 Å². The molecule has 0 N–H and O–H groups in total. The highest BCUT2D eigenvalue weighted by atomic mass is 19.1. The summed E-state index contributed by atoms with van der Waals surface area (Å²) in [7, 11) is 1.78. The largest absolute Gasteiger partial charge is 0.381 e. The van der Waals surface area contributed by atoms with Gasteiger partial charge in [-0.3, -0.25) is 4.90 Å². The van der Waals surface area contributed by atoms with Crippen molar-refractivity contribution >= 4 is 0 Å². The molecule has 0 amide bonds. The lowest BCUT2D eigenvalue weighted by atomic mass is 9.93. The van der Waals surface area contributed by atoms with Crippen LogP contribution in [0.15, 0.2) is 18.2 Å².